The number of piperidine rings is 1. The van der Waals surface area contributed by atoms with Crippen molar-refractivity contribution in [3.8, 4) is 5.75 Å². The molecule has 4 rings (SSSR count). The molecule has 2 amide bonds. The standard InChI is InChI=1S/C27H34N2O3/c1-2-25(22-8-4-3-5-9-22)27(31)29-18-14-21(15-19-29)20-32-24-12-10-23(11-13-24)26(30)28-16-6-7-17-28/h3-5,8-13,21,25H,2,6-7,14-20H2,1H3. The molecule has 0 spiro atoms. The normalized spacial score (nSPS) is 17.9. The highest BCUT2D eigenvalue weighted by Crippen LogP contribution is 2.26. The topological polar surface area (TPSA) is 49.9 Å². The lowest BCUT2D eigenvalue weighted by Crippen LogP contribution is -2.42. The van der Waals surface area contributed by atoms with Gasteiger partial charge in [-0.2, -0.15) is 0 Å². The van der Waals surface area contributed by atoms with Gasteiger partial charge in [0.05, 0.1) is 12.5 Å². The molecule has 2 aliphatic rings. The smallest absolute Gasteiger partial charge is 0.253 e. The van der Waals surface area contributed by atoms with Gasteiger partial charge in [-0.3, -0.25) is 9.59 Å². The summed E-state index contributed by atoms with van der Waals surface area (Å²) < 4.78 is 6.01. The van der Waals surface area contributed by atoms with E-state index in [1.54, 1.807) is 0 Å². The van der Waals surface area contributed by atoms with Crippen molar-refractivity contribution in [1.29, 1.82) is 0 Å². The molecule has 0 aromatic heterocycles. The third-order valence-electron chi connectivity index (χ3n) is 6.81. The lowest BCUT2D eigenvalue weighted by molar-refractivity contribution is -0.134. The molecule has 32 heavy (non-hydrogen) atoms. The van der Waals surface area contributed by atoms with Gasteiger partial charge in [0.1, 0.15) is 5.75 Å². The van der Waals surface area contributed by atoms with Crippen molar-refractivity contribution < 1.29 is 14.3 Å². The van der Waals surface area contributed by atoms with Crippen molar-refractivity contribution in [1.82, 2.24) is 9.80 Å². The number of hydrogen-bond donors (Lipinski definition) is 0. The van der Waals surface area contributed by atoms with Crippen molar-refractivity contribution >= 4 is 11.8 Å². The summed E-state index contributed by atoms with van der Waals surface area (Å²) in [5, 5.41) is 0. The van der Waals surface area contributed by atoms with E-state index < -0.39 is 0 Å². The zero-order valence-electron chi connectivity index (χ0n) is 19.0. The third kappa shape index (κ3) is 5.32. The fourth-order valence-corrected chi connectivity index (χ4v) is 4.79. The van der Waals surface area contributed by atoms with Gasteiger partial charge in [0.25, 0.3) is 5.91 Å². The summed E-state index contributed by atoms with van der Waals surface area (Å²) in [5.74, 6) is 1.56. The zero-order chi connectivity index (χ0) is 22.3. The molecule has 0 N–H and O–H groups in total. The summed E-state index contributed by atoms with van der Waals surface area (Å²) in [7, 11) is 0. The van der Waals surface area contributed by atoms with Crippen LogP contribution in [0.25, 0.3) is 0 Å². The van der Waals surface area contributed by atoms with Crippen LogP contribution < -0.4 is 4.74 Å². The average molecular weight is 435 g/mol. The number of rotatable bonds is 7. The number of nitrogens with zero attached hydrogens (tertiary/aromatic N) is 2. The summed E-state index contributed by atoms with van der Waals surface area (Å²) in [5.41, 5.74) is 1.84. The number of likely N-dealkylation sites (tertiary alicyclic amines) is 2. The van der Waals surface area contributed by atoms with Crippen LogP contribution in [0.15, 0.2) is 54.6 Å². The van der Waals surface area contributed by atoms with Crippen molar-refractivity contribution in [2.75, 3.05) is 32.8 Å². The van der Waals surface area contributed by atoms with Gasteiger partial charge >= 0.3 is 0 Å². The van der Waals surface area contributed by atoms with Crippen molar-refractivity contribution in [2.24, 2.45) is 5.92 Å². The summed E-state index contributed by atoms with van der Waals surface area (Å²) >= 11 is 0. The first-order valence-electron chi connectivity index (χ1n) is 12.0. The number of benzene rings is 2. The predicted octanol–water partition coefficient (Wildman–Crippen LogP) is 4.73. The van der Waals surface area contributed by atoms with Crippen LogP contribution in [0.3, 0.4) is 0 Å². The van der Waals surface area contributed by atoms with Gasteiger partial charge in [-0.1, -0.05) is 37.3 Å². The van der Waals surface area contributed by atoms with Crippen LogP contribution in [0.5, 0.6) is 5.75 Å². The molecular formula is C27H34N2O3. The van der Waals surface area contributed by atoms with E-state index in [1.165, 1.54) is 0 Å². The van der Waals surface area contributed by atoms with Crippen molar-refractivity contribution in [2.45, 2.75) is 44.9 Å². The van der Waals surface area contributed by atoms with Crippen LogP contribution in [0.1, 0.15) is 60.9 Å². The van der Waals surface area contributed by atoms with Crippen LogP contribution in [0.2, 0.25) is 0 Å². The minimum atomic E-state index is -0.0502. The second kappa shape index (κ2) is 10.7. The third-order valence-corrected chi connectivity index (χ3v) is 6.81. The quantitative estimate of drug-likeness (QED) is 0.633. The molecule has 2 aliphatic heterocycles. The maximum Gasteiger partial charge on any atom is 0.253 e. The Morgan fingerprint density at radius 1 is 0.906 bits per heavy atom. The zero-order valence-corrected chi connectivity index (χ0v) is 19.0. The maximum atomic E-state index is 13.1. The molecule has 1 unspecified atom stereocenters. The van der Waals surface area contributed by atoms with Crippen LogP contribution in [-0.2, 0) is 4.79 Å². The van der Waals surface area contributed by atoms with Crippen molar-refractivity contribution in [3.63, 3.8) is 0 Å². The molecule has 2 saturated heterocycles. The molecule has 2 aromatic rings. The highest BCUT2D eigenvalue weighted by atomic mass is 16.5. The second-order valence-corrected chi connectivity index (χ2v) is 8.97. The van der Waals surface area contributed by atoms with Gasteiger partial charge in [0.15, 0.2) is 0 Å². The Bertz CT molecular complexity index is 883. The molecule has 2 aromatic carbocycles. The lowest BCUT2D eigenvalue weighted by atomic mass is 9.92. The van der Waals surface area contributed by atoms with E-state index in [0.717, 1.165) is 75.2 Å². The largest absolute Gasteiger partial charge is 0.493 e. The van der Waals surface area contributed by atoms with Crippen molar-refractivity contribution in [3.05, 3.63) is 65.7 Å². The Hall–Kier alpha value is -2.82. The fraction of sp³-hybridized carbons (Fsp3) is 0.481. The van der Waals surface area contributed by atoms with E-state index in [-0.39, 0.29) is 17.7 Å². The van der Waals surface area contributed by atoms with Gasteiger partial charge in [-0.15, -0.1) is 0 Å². The number of ether oxygens (including phenoxy) is 1. The minimum absolute atomic E-state index is 0.0502. The van der Waals surface area contributed by atoms with E-state index in [9.17, 15) is 9.59 Å². The second-order valence-electron chi connectivity index (χ2n) is 8.97. The molecule has 2 heterocycles. The van der Waals surface area contributed by atoms with Gasteiger partial charge in [0.2, 0.25) is 5.91 Å². The Labute approximate surface area is 191 Å². The Kier molecular flexibility index (Phi) is 7.46. The highest BCUT2D eigenvalue weighted by Gasteiger charge is 2.28. The van der Waals surface area contributed by atoms with Gasteiger partial charge < -0.3 is 14.5 Å². The molecule has 0 saturated carbocycles. The maximum absolute atomic E-state index is 13.1. The van der Waals surface area contributed by atoms with E-state index in [2.05, 4.69) is 19.1 Å². The van der Waals surface area contributed by atoms with Gasteiger partial charge in [-0.05, 0) is 67.9 Å². The Morgan fingerprint density at radius 3 is 2.19 bits per heavy atom. The van der Waals surface area contributed by atoms with Gasteiger partial charge in [0, 0.05) is 31.7 Å². The number of amides is 2. The molecule has 1 atom stereocenters. The molecule has 170 valence electrons. The molecule has 5 nitrogen and oxygen atoms in total. The summed E-state index contributed by atoms with van der Waals surface area (Å²) in [6.07, 6.45) is 4.94. The van der Waals surface area contributed by atoms with E-state index in [0.29, 0.717) is 12.5 Å². The summed E-state index contributed by atoms with van der Waals surface area (Å²) in [4.78, 5) is 29.5. The number of hydrogen-bond acceptors (Lipinski definition) is 3. The Balaban J connectivity index is 1.23. The minimum Gasteiger partial charge on any atom is -0.493 e. The van der Waals surface area contributed by atoms with Gasteiger partial charge in [-0.25, -0.2) is 0 Å². The monoisotopic (exact) mass is 434 g/mol. The molecular weight excluding hydrogens is 400 g/mol. The SMILES string of the molecule is CCC(C(=O)N1CCC(COc2ccc(C(=O)N3CCCC3)cc2)CC1)c1ccccc1. The average Bonchev–Trinajstić information content (AvgIpc) is 3.39. The first-order chi connectivity index (χ1) is 15.7. The van der Waals surface area contributed by atoms with E-state index >= 15 is 0 Å². The highest BCUT2D eigenvalue weighted by molar-refractivity contribution is 5.94. The first kappa shape index (κ1) is 22.4. The summed E-state index contributed by atoms with van der Waals surface area (Å²) in [6, 6.07) is 17.6. The molecule has 0 aliphatic carbocycles. The molecule has 0 bridgehead atoms. The number of carbonyl (C=O) groups is 2. The fourth-order valence-electron chi connectivity index (χ4n) is 4.79. The molecule has 0 radical (unpaired) electrons. The molecule has 2 fully saturated rings. The van der Waals surface area contributed by atoms with Crippen LogP contribution in [0.4, 0.5) is 0 Å². The van der Waals surface area contributed by atoms with E-state index in [1.807, 2.05) is 52.3 Å². The Morgan fingerprint density at radius 2 is 1.56 bits per heavy atom. The van der Waals surface area contributed by atoms with E-state index in [4.69, 9.17) is 4.74 Å². The van der Waals surface area contributed by atoms with Crippen LogP contribution in [0, 0.1) is 5.92 Å². The van der Waals surface area contributed by atoms with Crippen LogP contribution in [-0.4, -0.2) is 54.4 Å². The predicted molar refractivity (Wildman–Crippen MR) is 126 cm³/mol. The lowest BCUT2D eigenvalue weighted by Gasteiger charge is -2.34. The summed E-state index contributed by atoms with van der Waals surface area (Å²) in [6.45, 7) is 6.04. The number of carbonyl (C=O) groups excluding carboxylic acids is 2. The van der Waals surface area contributed by atoms with Crippen LogP contribution >= 0.6 is 0 Å². The molecule has 5 heteroatoms. The first-order valence-corrected chi connectivity index (χ1v) is 12.0.